The molecule has 4 heteroatoms. The molecule has 0 aliphatic rings. The summed E-state index contributed by atoms with van der Waals surface area (Å²) in [4.78, 5) is 20.7. The zero-order chi connectivity index (χ0) is 18.5. The van der Waals surface area contributed by atoms with Gasteiger partial charge in [-0.15, -0.1) is 0 Å². The summed E-state index contributed by atoms with van der Waals surface area (Å²) in [5, 5.41) is 2.98. The van der Waals surface area contributed by atoms with Gasteiger partial charge in [0.25, 0.3) is 5.91 Å². The van der Waals surface area contributed by atoms with Crippen LogP contribution in [0.5, 0.6) is 0 Å². The quantitative estimate of drug-likeness (QED) is 0.412. The van der Waals surface area contributed by atoms with Gasteiger partial charge in [0.2, 0.25) is 0 Å². The van der Waals surface area contributed by atoms with Gasteiger partial charge in [0.1, 0.15) is 5.82 Å². The van der Waals surface area contributed by atoms with Crippen LogP contribution in [0.1, 0.15) is 17.0 Å². The van der Waals surface area contributed by atoms with E-state index in [0.717, 1.165) is 28.0 Å². The topological polar surface area (TPSA) is 57.8 Å². The molecule has 27 heavy (non-hydrogen) atoms. The van der Waals surface area contributed by atoms with Crippen LogP contribution in [0, 0.1) is 0 Å². The molecule has 0 fully saturated rings. The van der Waals surface area contributed by atoms with Gasteiger partial charge in [-0.2, -0.15) is 0 Å². The van der Waals surface area contributed by atoms with E-state index in [2.05, 4.69) is 15.3 Å². The molecule has 1 aromatic heterocycles. The van der Waals surface area contributed by atoms with E-state index in [-0.39, 0.29) is 5.91 Å². The molecule has 0 saturated heterocycles. The normalized spacial score (nSPS) is 11.5. The highest BCUT2D eigenvalue weighted by atomic mass is 16.1. The van der Waals surface area contributed by atoms with Crippen LogP contribution in [0.15, 0.2) is 84.9 Å². The average Bonchev–Trinajstić information content (AvgIpc) is 3.15. The first-order valence-electron chi connectivity index (χ1n) is 8.83. The Morgan fingerprint density at radius 1 is 0.889 bits per heavy atom. The molecule has 132 valence electrons. The zero-order valence-corrected chi connectivity index (χ0v) is 14.7. The molecule has 1 amide bonds. The highest BCUT2D eigenvalue weighted by molar-refractivity contribution is 6.24. The Hall–Kier alpha value is -3.66. The van der Waals surface area contributed by atoms with Crippen molar-refractivity contribution in [2.75, 3.05) is 0 Å². The third-order valence-electron chi connectivity index (χ3n) is 4.29. The molecule has 0 saturated carbocycles. The first-order chi connectivity index (χ1) is 13.3. The number of benzene rings is 3. The monoisotopic (exact) mass is 353 g/mol. The van der Waals surface area contributed by atoms with Crippen LogP contribution in [0.2, 0.25) is 0 Å². The number of carbonyl (C=O) groups excluding carboxylic acids is 1. The van der Waals surface area contributed by atoms with Gasteiger partial charge in [-0.3, -0.25) is 4.79 Å². The minimum Gasteiger partial charge on any atom is -0.345 e. The number of H-pyrrole nitrogens is 1. The molecule has 0 bridgehead atoms. The molecule has 4 aromatic rings. The van der Waals surface area contributed by atoms with Crippen LogP contribution in [-0.4, -0.2) is 15.9 Å². The third kappa shape index (κ3) is 3.96. The van der Waals surface area contributed by atoms with Gasteiger partial charge in [0, 0.05) is 5.57 Å². The van der Waals surface area contributed by atoms with Crippen molar-refractivity contribution in [2.24, 2.45) is 0 Å². The van der Waals surface area contributed by atoms with Crippen molar-refractivity contribution in [1.82, 2.24) is 15.3 Å². The molecule has 4 nitrogen and oxygen atoms in total. The van der Waals surface area contributed by atoms with E-state index >= 15 is 0 Å². The van der Waals surface area contributed by atoms with Gasteiger partial charge in [0.05, 0.1) is 17.6 Å². The Kier molecular flexibility index (Phi) is 4.79. The lowest BCUT2D eigenvalue weighted by molar-refractivity contribution is -0.115. The zero-order valence-electron chi connectivity index (χ0n) is 14.7. The standard InChI is InChI=1S/C23H19N3O/c27-23(24-16-22-25-20-13-7-8-14-21(20)26-22)19(18-11-5-2-6-12-18)15-17-9-3-1-4-10-17/h1-15H,16H2,(H,24,27)(H,25,26)/b19-15-. The van der Waals surface area contributed by atoms with Crippen molar-refractivity contribution >= 4 is 28.6 Å². The van der Waals surface area contributed by atoms with E-state index in [4.69, 9.17) is 0 Å². The smallest absolute Gasteiger partial charge is 0.252 e. The van der Waals surface area contributed by atoms with Gasteiger partial charge in [0.15, 0.2) is 0 Å². The Morgan fingerprint density at radius 3 is 2.30 bits per heavy atom. The van der Waals surface area contributed by atoms with Gasteiger partial charge in [-0.05, 0) is 29.3 Å². The minimum atomic E-state index is -0.134. The number of rotatable bonds is 5. The summed E-state index contributed by atoms with van der Waals surface area (Å²) in [6, 6.07) is 27.3. The number of hydrogen-bond acceptors (Lipinski definition) is 2. The summed E-state index contributed by atoms with van der Waals surface area (Å²) in [6.07, 6.45) is 1.91. The number of amides is 1. The van der Waals surface area contributed by atoms with E-state index in [1.54, 1.807) is 0 Å². The first kappa shape index (κ1) is 16.8. The lowest BCUT2D eigenvalue weighted by Gasteiger charge is -2.09. The fourth-order valence-corrected chi connectivity index (χ4v) is 2.96. The van der Waals surface area contributed by atoms with Crippen LogP contribution in [0.3, 0.4) is 0 Å². The van der Waals surface area contributed by atoms with Crippen molar-refractivity contribution in [3.8, 4) is 0 Å². The number of fused-ring (bicyclic) bond motifs is 1. The number of carbonyl (C=O) groups is 1. The fourth-order valence-electron chi connectivity index (χ4n) is 2.96. The van der Waals surface area contributed by atoms with Crippen LogP contribution in [0.4, 0.5) is 0 Å². The summed E-state index contributed by atoms with van der Waals surface area (Å²) in [6.45, 7) is 0.340. The second-order valence-electron chi connectivity index (χ2n) is 6.22. The third-order valence-corrected chi connectivity index (χ3v) is 4.29. The Balaban J connectivity index is 1.58. The number of aromatic amines is 1. The van der Waals surface area contributed by atoms with Crippen molar-refractivity contribution in [2.45, 2.75) is 6.54 Å². The SMILES string of the molecule is O=C(NCc1nc2ccccc2[nH]1)/C(=C\c1ccccc1)c1ccccc1. The van der Waals surface area contributed by atoms with Crippen LogP contribution in [-0.2, 0) is 11.3 Å². The Labute approximate surface area is 157 Å². The molecule has 0 radical (unpaired) electrons. The molecule has 2 N–H and O–H groups in total. The second kappa shape index (κ2) is 7.70. The maximum Gasteiger partial charge on any atom is 0.252 e. The molecular weight excluding hydrogens is 334 g/mol. The van der Waals surface area contributed by atoms with Gasteiger partial charge in [-0.25, -0.2) is 4.98 Å². The largest absolute Gasteiger partial charge is 0.345 e. The summed E-state index contributed by atoms with van der Waals surface area (Å²) >= 11 is 0. The number of imidazole rings is 1. The van der Waals surface area contributed by atoms with Crippen molar-refractivity contribution in [3.05, 3.63) is 102 Å². The Morgan fingerprint density at radius 2 is 1.56 bits per heavy atom. The summed E-state index contributed by atoms with van der Waals surface area (Å²) < 4.78 is 0. The molecule has 0 unspecified atom stereocenters. The van der Waals surface area contributed by atoms with Crippen LogP contribution < -0.4 is 5.32 Å². The van der Waals surface area contributed by atoms with E-state index in [1.165, 1.54) is 0 Å². The second-order valence-corrected chi connectivity index (χ2v) is 6.22. The minimum absolute atomic E-state index is 0.134. The van der Waals surface area contributed by atoms with Crippen molar-refractivity contribution in [1.29, 1.82) is 0 Å². The lowest BCUT2D eigenvalue weighted by Crippen LogP contribution is -2.24. The van der Waals surface area contributed by atoms with Crippen molar-refractivity contribution < 1.29 is 4.79 Å². The van der Waals surface area contributed by atoms with Gasteiger partial charge in [-0.1, -0.05) is 72.8 Å². The molecule has 4 rings (SSSR count). The van der Waals surface area contributed by atoms with E-state index in [1.807, 2.05) is 91.0 Å². The van der Waals surface area contributed by atoms with E-state index in [9.17, 15) is 4.79 Å². The molecule has 0 aliphatic heterocycles. The molecule has 0 atom stereocenters. The van der Waals surface area contributed by atoms with Crippen molar-refractivity contribution in [3.63, 3.8) is 0 Å². The summed E-state index contributed by atoms with van der Waals surface area (Å²) in [5.74, 6) is 0.599. The van der Waals surface area contributed by atoms with Gasteiger partial charge < -0.3 is 10.3 Å². The summed E-state index contributed by atoms with van der Waals surface area (Å²) in [7, 11) is 0. The van der Waals surface area contributed by atoms with E-state index in [0.29, 0.717) is 12.1 Å². The predicted octanol–water partition coefficient (Wildman–Crippen LogP) is 4.42. The number of nitrogens with one attached hydrogen (secondary N) is 2. The first-order valence-corrected chi connectivity index (χ1v) is 8.83. The van der Waals surface area contributed by atoms with Gasteiger partial charge >= 0.3 is 0 Å². The molecule has 0 spiro atoms. The average molecular weight is 353 g/mol. The maximum absolute atomic E-state index is 12.9. The molecule has 3 aromatic carbocycles. The molecular formula is C23H19N3O. The van der Waals surface area contributed by atoms with Crippen LogP contribution in [0.25, 0.3) is 22.7 Å². The highest BCUT2D eigenvalue weighted by Crippen LogP contribution is 2.19. The Bertz CT molecular complexity index is 1050. The lowest BCUT2D eigenvalue weighted by atomic mass is 10.0. The number of hydrogen-bond donors (Lipinski definition) is 2. The number of para-hydroxylation sites is 2. The molecule has 1 heterocycles. The maximum atomic E-state index is 12.9. The fraction of sp³-hybridized carbons (Fsp3) is 0.0435. The summed E-state index contributed by atoms with van der Waals surface area (Å²) in [5.41, 5.74) is 4.34. The number of nitrogens with zero attached hydrogens (tertiary/aromatic N) is 1. The van der Waals surface area contributed by atoms with E-state index < -0.39 is 0 Å². The highest BCUT2D eigenvalue weighted by Gasteiger charge is 2.13. The number of aromatic nitrogens is 2. The predicted molar refractivity (Wildman–Crippen MR) is 109 cm³/mol. The van der Waals surface area contributed by atoms with Crippen LogP contribution >= 0.6 is 0 Å². The molecule has 0 aliphatic carbocycles.